The van der Waals surface area contributed by atoms with E-state index in [0.29, 0.717) is 18.7 Å². The number of rotatable bonds is 3. The monoisotopic (exact) mass is 305 g/mol. The molecule has 2 aromatic heterocycles. The quantitative estimate of drug-likeness (QED) is 0.514. The summed E-state index contributed by atoms with van der Waals surface area (Å²) in [4.78, 5) is 26.6. The average molecular weight is 305 g/mol. The van der Waals surface area contributed by atoms with Crippen molar-refractivity contribution in [3.05, 3.63) is 40.0 Å². The fourth-order valence-corrected chi connectivity index (χ4v) is 3.34. The van der Waals surface area contributed by atoms with E-state index in [2.05, 4.69) is 0 Å². The minimum atomic E-state index is -0.486. The van der Waals surface area contributed by atoms with Crippen molar-refractivity contribution in [2.75, 3.05) is 4.90 Å². The third-order valence-corrected chi connectivity index (χ3v) is 4.41. The Balaban J connectivity index is 1.85. The van der Waals surface area contributed by atoms with Crippen molar-refractivity contribution in [1.29, 1.82) is 0 Å². The number of aryl methyl sites for hydroxylation is 1. The van der Waals surface area contributed by atoms with Crippen LogP contribution in [0.3, 0.4) is 0 Å². The molecular weight excluding hydrogens is 290 g/mol. The molecule has 0 fully saturated rings. The molecule has 0 spiro atoms. The summed E-state index contributed by atoms with van der Waals surface area (Å²) in [6.07, 6.45) is 2.31. The molecule has 1 aliphatic rings. The topological polar surface area (TPSA) is 88.6 Å². The number of carbonyl (C=O) groups is 2. The van der Waals surface area contributed by atoms with Gasteiger partial charge < -0.3 is 9.32 Å². The van der Waals surface area contributed by atoms with Crippen LogP contribution >= 0.6 is 11.3 Å². The van der Waals surface area contributed by atoms with Gasteiger partial charge in [0.15, 0.2) is 5.76 Å². The van der Waals surface area contributed by atoms with Crippen LogP contribution in [-0.4, -0.2) is 11.8 Å². The fourth-order valence-electron chi connectivity index (χ4n) is 2.42. The van der Waals surface area contributed by atoms with Gasteiger partial charge in [-0.1, -0.05) is 0 Å². The molecule has 0 saturated carbocycles. The van der Waals surface area contributed by atoms with Crippen molar-refractivity contribution < 1.29 is 14.0 Å². The van der Waals surface area contributed by atoms with Crippen molar-refractivity contribution in [2.45, 2.75) is 25.8 Å². The third kappa shape index (κ3) is 2.70. The molecule has 0 unspecified atom stereocenters. The Hall–Kier alpha value is -2.12. The second-order valence-electron chi connectivity index (χ2n) is 4.80. The second-order valence-corrected chi connectivity index (χ2v) is 5.80. The number of nitrogens with two attached hydrogens (primary N) is 1. The van der Waals surface area contributed by atoms with Gasteiger partial charge in [-0.2, -0.15) is 0 Å². The molecule has 2 amide bonds. The van der Waals surface area contributed by atoms with Crippen LogP contribution in [0.25, 0.3) is 0 Å². The molecule has 0 atom stereocenters. The second kappa shape index (κ2) is 5.71. The number of thiophene rings is 1. The van der Waals surface area contributed by atoms with Crippen molar-refractivity contribution in [3.63, 3.8) is 0 Å². The molecule has 3 rings (SSSR count). The van der Waals surface area contributed by atoms with E-state index >= 15 is 0 Å². The van der Waals surface area contributed by atoms with Crippen LogP contribution in [0.15, 0.2) is 28.0 Å². The summed E-state index contributed by atoms with van der Waals surface area (Å²) >= 11 is 1.66. The molecule has 0 bridgehead atoms. The number of hydrogen-bond acceptors (Lipinski definition) is 5. The Morgan fingerprint density at radius 2 is 2.24 bits per heavy atom. The molecule has 0 aromatic carbocycles. The molecule has 21 heavy (non-hydrogen) atoms. The van der Waals surface area contributed by atoms with Crippen molar-refractivity contribution in [3.8, 4) is 0 Å². The lowest BCUT2D eigenvalue weighted by Crippen LogP contribution is -2.30. The summed E-state index contributed by atoms with van der Waals surface area (Å²) in [6.45, 7) is 0.320. The first-order chi connectivity index (χ1) is 10.2. The molecule has 3 N–H and O–H groups in total. The van der Waals surface area contributed by atoms with E-state index in [4.69, 9.17) is 10.3 Å². The van der Waals surface area contributed by atoms with Crippen LogP contribution in [0.1, 0.15) is 34.0 Å². The Bertz CT molecular complexity index is 677. The standard InChI is InChI=1S/C14H15N3O3S/c15-16-14(19)11-5-4-9(20-11)8-17-10-6-7-21-12(10)2-1-3-13(17)18/h4-7H,1-3,8,15H2,(H,16,19). The highest BCUT2D eigenvalue weighted by Crippen LogP contribution is 2.32. The molecule has 1 aliphatic heterocycles. The zero-order chi connectivity index (χ0) is 14.8. The summed E-state index contributed by atoms with van der Waals surface area (Å²) in [7, 11) is 0. The van der Waals surface area contributed by atoms with Gasteiger partial charge in [0.05, 0.1) is 12.2 Å². The lowest BCUT2D eigenvalue weighted by atomic mass is 10.2. The molecule has 2 aromatic rings. The number of fused-ring (bicyclic) bond motifs is 1. The Morgan fingerprint density at radius 3 is 3.05 bits per heavy atom. The first kappa shape index (κ1) is 13.8. The summed E-state index contributed by atoms with van der Waals surface area (Å²) in [5.41, 5.74) is 2.96. The van der Waals surface area contributed by atoms with Crippen LogP contribution < -0.4 is 16.2 Å². The lowest BCUT2D eigenvalue weighted by Gasteiger charge is -2.19. The largest absolute Gasteiger partial charge is 0.454 e. The van der Waals surface area contributed by atoms with Crippen molar-refractivity contribution >= 4 is 28.8 Å². The number of nitrogens with one attached hydrogen (secondary N) is 1. The maximum absolute atomic E-state index is 12.3. The van der Waals surface area contributed by atoms with Gasteiger partial charge in [0, 0.05) is 11.3 Å². The van der Waals surface area contributed by atoms with Gasteiger partial charge in [0.25, 0.3) is 0 Å². The molecule has 0 saturated heterocycles. The maximum Gasteiger partial charge on any atom is 0.300 e. The van der Waals surface area contributed by atoms with Gasteiger partial charge >= 0.3 is 5.91 Å². The van der Waals surface area contributed by atoms with Gasteiger partial charge in [0.1, 0.15) is 5.76 Å². The Labute approximate surface area is 125 Å². The number of nitrogens with zero attached hydrogens (tertiary/aromatic N) is 1. The Kier molecular flexibility index (Phi) is 3.76. The molecule has 6 nitrogen and oxygen atoms in total. The van der Waals surface area contributed by atoms with Crippen molar-refractivity contribution in [1.82, 2.24) is 5.43 Å². The van der Waals surface area contributed by atoms with Gasteiger partial charge in [-0.15, -0.1) is 11.3 Å². The smallest absolute Gasteiger partial charge is 0.300 e. The summed E-state index contributed by atoms with van der Waals surface area (Å²) in [6, 6.07) is 5.20. The van der Waals surface area contributed by atoms with E-state index in [0.717, 1.165) is 18.5 Å². The normalized spacial score (nSPS) is 14.7. The fraction of sp³-hybridized carbons (Fsp3) is 0.286. The van der Waals surface area contributed by atoms with Crippen LogP contribution in [0.2, 0.25) is 0 Å². The minimum Gasteiger partial charge on any atom is -0.454 e. The summed E-state index contributed by atoms with van der Waals surface area (Å²) in [5, 5.41) is 1.99. The molecule has 3 heterocycles. The molecular formula is C14H15N3O3S. The first-order valence-corrected chi connectivity index (χ1v) is 7.53. The zero-order valence-electron chi connectivity index (χ0n) is 11.3. The van der Waals surface area contributed by atoms with Crippen LogP contribution in [-0.2, 0) is 17.8 Å². The van der Waals surface area contributed by atoms with Crippen LogP contribution in [0, 0.1) is 0 Å². The highest BCUT2D eigenvalue weighted by molar-refractivity contribution is 7.10. The Morgan fingerprint density at radius 1 is 1.38 bits per heavy atom. The van der Waals surface area contributed by atoms with E-state index in [1.165, 1.54) is 4.88 Å². The van der Waals surface area contributed by atoms with E-state index in [1.807, 2.05) is 16.9 Å². The van der Waals surface area contributed by atoms with Crippen LogP contribution in [0.4, 0.5) is 5.69 Å². The van der Waals surface area contributed by atoms with E-state index < -0.39 is 5.91 Å². The number of anilines is 1. The van der Waals surface area contributed by atoms with Gasteiger partial charge in [0.2, 0.25) is 5.91 Å². The van der Waals surface area contributed by atoms with E-state index in [9.17, 15) is 9.59 Å². The van der Waals surface area contributed by atoms with Crippen LogP contribution in [0.5, 0.6) is 0 Å². The number of amides is 2. The highest BCUT2D eigenvalue weighted by Gasteiger charge is 2.24. The predicted octanol–water partition coefficient (Wildman–Crippen LogP) is 1.81. The highest BCUT2D eigenvalue weighted by atomic mass is 32.1. The van der Waals surface area contributed by atoms with Gasteiger partial charge in [-0.25, -0.2) is 5.84 Å². The average Bonchev–Trinajstić information content (AvgIpc) is 3.10. The molecule has 110 valence electrons. The zero-order valence-corrected chi connectivity index (χ0v) is 12.1. The molecule has 7 heteroatoms. The number of furan rings is 1. The third-order valence-electron chi connectivity index (χ3n) is 3.44. The minimum absolute atomic E-state index is 0.0772. The predicted molar refractivity (Wildman–Crippen MR) is 78.8 cm³/mol. The first-order valence-electron chi connectivity index (χ1n) is 6.65. The SMILES string of the molecule is NNC(=O)c1ccc(CN2C(=O)CCCc3sccc32)o1. The molecule has 0 radical (unpaired) electrons. The van der Waals surface area contributed by atoms with Crippen molar-refractivity contribution in [2.24, 2.45) is 5.84 Å². The number of carbonyl (C=O) groups excluding carboxylic acids is 2. The summed E-state index contributed by atoms with van der Waals surface area (Å²) in [5.74, 6) is 5.35. The number of hydrazine groups is 1. The van der Waals surface area contributed by atoms with Gasteiger partial charge in [-0.05, 0) is 36.4 Å². The maximum atomic E-state index is 12.3. The van der Waals surface area contributed by atoms with E-state index in [1.54, 1.807) is 28.4 Å². The summed E-state index contributed by atoms with van der Waals surface area (Å²) < 4.78 is 5.44. The lowest BCUT2D eigenvalue weighted by molar-refractivity contribution is -0.118. The van der Waals surface area contributed by atoms with Gasteiger partial charge in [-0.3, -0.25) is 15.0 Å². The van der Waals surface area contributed by atoms with E-state index in [-0.39, 0.29) is 11.7 Å². The number of hydrogen-bond donors (Lipinski definition) is 2. The number of nitrogen functional groups attached to an aromatic ring is 1. The molecule has 0 aliphatic carbocycles.